The van der Waals surface area contributed by atoms with Gasteiger partial charge in [0.25, 0.3) is 0 Å². The van der Waals surface area contributed by atoms with Crippen molar-refractivity contribution >= 4 is 17.7 Å². The van der Waals surface area contributed by atoms with Crippen LogP contribution in [0.15, 0.2) is 41.7 Å². The zero-order valence-electron chi connectivity index (χ0n) is 15.5. The van der Waals surface area contributed by atoms with Crippen molar-refractivity contribution in [2.24, 2.45) is 5.92 Å². The second-order valence-electron chi connectivity index (χ2n) is 7.02. The van der Waals surface area contributed by atoms with Gasteiger partial charge in [0.05, 0.1) is 30.3 Å². The molecule has 0 bridgehead atoms. The van der Waals surface area contributed by atoms with Crippen LogP contribution < -0.4 is 5.32 Å². The minimum Gasteiger partial charge on any atom is -0.376 e. The molecule has 1 saturated heterocycles. The highest BCUT2D eigenvalue weighted by Crippen LogP contribution is 2.28. The molecule has 0 unspecified atom stereocenters. The number of benzene rings is 1. The highest BCUT2D eigenvalue weighted by atomic mass is 32.2. The zero-order chi connectivity index (χ0) is 18.4. The lowest BCUT2D eigenvalue weighted by Gasteiger charge is -2.16. The molecule has 1 aliphatic heterocycles. The van der Waals surface area contributed by atoms with Crippen molar-refractivity contribution in [3.05, 3.63) is 36.5 Å². The summed E-state index contributed by atoms with van der Waals surface area (Å²) in [6.45, 7) is 6.50. The van der Waals surface area contributed by atoms with E-state index in [2.05, 4.69) is 40.8 Å². The molecule has 2 aromatic rings. The lowest BCUT2D eigenvalue weighted by atomic mass is 10.1. The topological polar surface area (TPSA) is 56.2 Å². The number of amides is 1. The van der Waals surface area contributed by atoms with Crippen molar-refractivity contribution in [2.45, 2.75) is 44.5 Å². The Morgan fingerprint density at radius 1 is 1.38 bits per heavy atom. The molecule has 1 aromatic heterocycles. The molecule has 2 heterocycles. The van der Waals surface area contributed by atoms with E-state index in [0.717, 1.165) is 42.4 Å². The van der Waals surface area contributed by atoms with Crippen LogP contribution in [0.2, 0.25) is 0 Å². The van der Waals surface area contributed by atoms with E-state index in [1.165, 1.54) is 11.8 Å². The molecule has 1 N–H and O–H groups in total. The number of ether oxygens (including phenoxy) is 1. The number of carbonyl (C=O) groups excluding carboxylic acids is 1. The molecule has 1 fully saturated rings. The Bertz CT molecular complexity index is 709. The lowest BCUT2D eigenvalue weighted by molar-refractivity contribution is -0.118. The van der Waals surface area contributed by atoms with E-state index in [9.17, 15) is 4.79 Å². The maximum Gasteiger partial charge on any atom is 0.230 e. The van der Waals surface area contributed by atoms with Crippen LogP contribution in [0.4, 0.5) is 0 Å². The minimum absolute atomic E-state index is 0.0524. The Morgan fingerprint density at radius 2 is 2.19 bits per heavy atom. The molecule has 1 aromatic carbocycles. The first-order valence-electron chi connectivity index (χ1n) is 9.25. The summed E-state index contributed by atoms with van der Waals surface area (Å²) in [5, 5.41) is 3.84. The van der Waals surface area contributed by atoms with Crippen molar-refractivity contribution in [2.75, 3.05) is 18.9 Å². The van der Waals surface area contributed by atoms with Gasteiger partial charge in [-0.05, 0) is 24.3 Å². The number of thioether (sulfide) groups is 1. The number of carbonyl (C=O) groups is 1. The van der Waals surface area contributed by atoms with E-state index in [1.54, 1.807) is 0 Å². The van der Waals surface area contributed by atoms with Gasteiger partial charge >= 0.3 is 0 Å². The third kappa shape index (κ3) is 5.11. The van der Waals surface area contributed by atoms with Crippen molar-refractivity contribution in [1.82, 2.24) is 14.9 Å². The molecule has 26 heavy (non-hydrogen) atoms. The number of aromatic nitrogens is 2. The van der Waals surface area contributed by atoms with Gasteiger partial charge in [0.2, 0.25) is 5.91 Å². The first-order valence-corrected chi connectivity index (χ1v) is 10.2. The first-order chi connectivity index (χ1) is 12.6. The fourth-order valence-corrected chi connectivity index (χ4v) is 3.80. The van der Waals surface area contributed by atoms with E-state index < -0.39 is 0 Å². The molecule has 1 aliphatic rings. The third-order valence-electron chi connectivity index (χ3n) is 4.34. The summed E-state index contributed by atoms with van der Waals surface area (Å²) in [4.78, 5) is 16.7. The Morgan fingerprint density at radius 3 is 2.88 bits per heavy atom. The monoisotopic (exact) mass is 373 g/mol. The number of hydrogen-bond donors (Lipinski definition) is 1. The fourth-order valence-electron chi connectivity index (χ4n) is 2.98. The highest BCUT2D eigenvalue weighted by Gasteiger charge is 2.21. The van der Waals surface area contributed by atoms with E-state index in [4.69, 9.17) is 4.74 Å². The predicted molar refractivity (Wildman–Crippen MR) is 105 cm³/mol. The van der Waals surface area contributed by atoms with Crippen LogP contribution in [-0.4, -0.2) is 40.5 Å². The smallest absolute Gasteiger partial charge is 0.230 e. The number of hydrogen-bond acceptors (Lipinski definition) is 4. The second-order valence-corrected chi connectivity index (χ2v) is 7.97. The quantitative estimate of drug-likeness (QED) is 0.719. The maximum atomic E-state index is 12.1. The Balaban J connectivity index is 1.73. The molecule has 0 spiro atoms. The van der Waals surface area contributed by atoms with Crippen LogP contribution in [0.25, 0.3) is 11.3 Å². The average Bonchev–Trinajstić information content (AvgIpc) is 3.29. The van der Waals surface area contributed by atoms with Crippen LogP contribution in [0.3, 0.4) is 0 Å². The SMILES string of the molecule is CC(C)CNC(=O)CSc1ncc(-c2ccccc2)n1C[C@@H]1CCCO1. The highest BCUT2D eigenvalue weighted by molar-refractivity contribution is 7.99. The average molecular weight is 374 g/mol. The van der Waals surface area contributed by atoms with E-state index in [-0.39, 0.29) is 12.0 Å². The molecule has 5 nitrogen and oxygen atoms in total. The second kappa shape index (κ2) is 9.24. The fraction of sp³-hybridized carbons (Fsp3) is 0.500. The standard InChI is InChI=1S/C20H27N3O2S/c1-15(2)11-21-19(24)14-26-20-22-12-18(16-7-4-3-5-8-16)23(20)13-17-9-6-10-25-17/h3-5,7-8,12,15,17H,6,9-11,13-14H2,1-2H3,(H,21,24)/t17-/m0/s1. The number of rotatable bonds is 8. The molecule has 1 atom stereocenters. The molecular formula is C20H27N3O2S. The third-order valence-corrected chi connectivity index (χ3v) is 5.33. The van der Waals surface area contributed by atoms with Gasteiger partial charge in [0.1, 0.15) is 0 Å². The summed E-state index contributed by atoms with van der Waals surface area (Å²) >= 11 is 1.49. The number of nitrogens with zero attached hydrogens (tertiary/aromatic N) is 2. The van der Waals surface area contributed by atoms with Crippen LogP contribution in [0, 0.1) is 5.92 Å². The van der Waals surface area contributed by atoms with Crippen LogP contribution >= 0.6 is 11.8 Å². The van der Waals surface area contributed by atoms with Gasteiger partial charge in [-0.1, -0.05) is 55.9 Å². The van der Waals surface area contributed by atoms with Gasteiger partial charge in [-0.2, -0.15) is 0 Å². The summed E-state index contributed by atoms with van der Waals surface area (Å²) in [7, 11) is 0. The summed E-state index contributed by atoms with van der Waals surface area (Å²) < 4.78 is 8.03. The van der Waals surface area contributed by atoms with Gasteiger partial charge in [0, 0.05) is 13.2 Å². The molecule has 140 valence electrons. The van der Waals surface area contributed by atoms with Gasteiger partial charge in [-0.15, -0.1) is 0 Å². The van der Waals surface area contributed by atoms with E-state index >= 15 is 0 Å². The molecule has 0 radical (unpaired) electrons. The van der Waals surface area contributed by atoms with Crippen LogP contribution in [-0.2, 0) is 16.1 Å². The number of imidazole rings is 1. The maximum absolute atomic E-state index is 12.1. The molecule has 3 rings (SSSR count). The molecular weight excluding hydrogens is 346 g/mol. The zero-order valence-corrected chi connectivity index (χ0v) is 16.3. The Kier molecular flexibility index (Phi) is 6.74. The molecule has 0 aliphatic carbocycles. The van der Waals surface area contributed by atoms with Gasteiger partial charge in [0.15, 0.2) is 5.16 Å². The summed E-state index contributed by atoms with van der Waals surface area (Å²) in [6, 6.07) is 10.3. The lowest BCUT2D eigenvalue weighted by Crippen LogP contribution is -2.29. The first kappa shape index (κ1) is 19.0. The van der Waals surface area contributed by atoms with Crippen molar-refractivity contribution in [3.63, 3.8) is 0 Å². The Labute approximate surface area is 159 Å². The summed E-state index contributed by atoms with van der Waals surface area (Å²) in [6.07, 6.45) is 4.31. The summed E-state index contributed by atoms with van der Waals surface area (Å²) in [5.74, 6) is 0.885. The van der Waals surface area contributed by atoms with Crippen LogP contribution in [0.1, 0.15) is 26.7 Å². The van der Waals surface area contributed by atoms with Gasteiger partial charge in [-0.3, -0.25) is 4.79 Å². The van der Waals surface area contributed by atoms with Gasteiger partial charge < -0.3 is 14.6 Å². The van der Waals surface area contributed by atoms with E-state index in [1.807, 2.05) is 24.4 Å². The Hall–Kier alpha value is -1.79. The molecule has 0 saturated carbocycles. The molecule has 6 heteroatoms. The van der Waals surface area contributed by atoms with E-state index in [0.29, 0.717) is 18.2 Å². The van der Waals surface area contributed by atoms with Crippen molar-refractivity contribution < 1.29 is 9.53 Å². The van der Waals surface area contributed by atoms with Gasteiger partial charge in [-0.25, -0.2) is 4.98 Å². The number of nitrogens with one attached hydrogen (secondary N) is 1. The normalized spacial score (nSPS) is 17.0. The van der Waals surface area contributed by atoms with Crippen molar-refractivity contribution in [1.29, 1.82) is 0 Å². The van der Waals surface area contributed by atoms with Crippen molar-refractivity contribution in [3.8, 4) is 11.3 Å². The largest absolute Gasteiger partial charge is 0.376 e. The summed E-state index contributed by atoms with van der Waals surface area (Å²) in [5.41, 5.74) is 2.21. The van der Waals surface area contributed by atoms with Crippen LogP contribution in [0.5, 0.6) is 0 Å². The predicted octanol–water partition coefficient (Wildman–Crippen LogP) is 3.59. The minimum atomic E-state index is 0.0524. The molecule has 1 amide bonds.